The van der Waals surface area contributed by atoms with Crippen LogP contribution >= 0.6 is 23.2 Å². The van der Waals surface area contributed by atoms with E-state index in [1.165, 1.54) is 0 Å². The first-order valence-corrected chi connectivity index (χ1v) is 13.7. The second kappa shape index (κ2) is 10.2. The molecule has 2 aliphatic rings. The van der Waals surface area contributed by atoms with E-state index >= 15 is 0 Å². The summed E-state index contributed by atoms with van der Waals surface area (Å²) in [5.74, 6) is 0.410. The van der Waals surface area contributed by atoms with Crippen LogP contribution in [0.15, 0.2) is 53.1 Å². The van der Waals surface area contributed by atoms with Crippen LogP contribution in [0.2, 0.25) is 10.0 Å². The number of halogens is 2. The summed E-state index contributed by atoms with van der Waals surface area (Å²) in [6.45, 7) is 5.88. The van der Waals surface area contributed by atoms with Crippen LogP contribution in [-0.2, 0) is 6.42 Å². The van der Waals surface area contributed by atoms with Crippen molar-refractivity contribution in [1.29, 1.82) is 0 Å². The van der Waals surface area contributed by atoms with Gasteiger partial charge in [0, 0.05) is 60.3 Å². The minimum atomic E-state index is -1.02. The summed E-state index contributed by atoms with van der Waals surface area (Å²) >= 11 is 13.1. The van der Waals surface area contributed by atoms with Crippen LogP contribution < -0.4 is 4.90 Å². The van der Waals surface area contributed by atoms with Gasteiger partial charge in [0.05, 0.1) is 15.6 Å². The minimum Gasteiger partial charge on any atom is -0.477 e. The number of aromatic nitrogens is 2. The van der Waals surface area contributed by atoms with Gasteiger partial charge in [-0.3, -0.25) is 4.90 Å². The van der Waals surface area contributed by atoms with Gasteiger partial charge in [-0.15, -0.1) is 0 Å². The number of benzene rings is 2. The van der Waals surface area contributed by atoms with Gasteiger partial charge in [0.2, 0.25) is 0 Å². The Morgan fingerprint density at radius 2 is 1.89 bits per heavy atom. The van der Waals surface area contributed by atoms with Crippen molar-refractivity contribution < 1.29 is 14.4 Å². The number of carbonyl (C=O) groups is 1. The molecule has 0 bridgehead atoms. The third-order valence-corrected chi connectivity index (χ3v) is 8.27. The first-order valence-electron chi connectivity index (χ1n) is 12.9. The van der Waals surface area contributed by atoms with Crippen molar-refractivity contribution in [2.24, 2.45) is 0 Å². The molecule has 2 aromatic heterocycles. The van der Waals surface area contributed by atoms with Crippen LogP contribution in [0.4, 0.5) is 5.69 Å². The molecule has 0 amide bonds. The fourth-order valence-electron chi connectivity index (χ4n) is 5.40. The molecule has 1 saturated heterocycles. The molecule has 3 heterocycles. The lowest BCUT2D eigenvalue weighted by molar-refractivity contribution is 0.0691. The molecule has 6 rings (SSSR count). The normalized spacial score (nSPS) is 18.3. The smallest absolute Gasteiger partial charge is 0.354 e. The number of hydrogen-bond donors (Lipinski definition) is 1. The van der Waals surface area contributed by atoms with Gasteiger partial charge < -0.3 is 14.5 Å². The topological polar surface area (TPSA) is 82.7 Å². The zero-order valence-electron chi connectivity index (χ0n) is 21.0. The highest BCUT2D eigenvalue weighted by molar-refractivity contribution is 6.39. The number of carboxylic acid groups (broad SMARTS) is 1. The molecule has 1 N–H and O–H groups in total. The third-order valence-electron chi connectivity index (χ3n) is 7.64. The predicted octanol–water partition coefficient (Wildman–Crippen LogP) is 6.53. The summed E-state index contributed by atoms with van der Waals surface area (Å²) in [4.78, 5) is 20.4. The summed E-state index contributed by atoms with van der Waals surface area (Å²) in [7, 11) is 0. The third kappa shape index (κ3) is 4.86. The van der Waals surface area contributed by atoms with Crippen LogP contribution in [0, 0.1) is 0 Å². The van der Waals surface area contributed by atoms with Crippen molar-refractivity contribution in [2.75, 3.05) is 31.1 Å². The van der Waals surface area contributed by atoms with Gasteiger partial charge in [-0.25, -0.2) is 9.78 Å². The molecule has 1 atom stereocenters. The second-order valence-corrected chi connectivity index (χ2v) is 11.0. The van der Waals surface area contributed by atoms with Crippen molar-refractivity contribution in [3.8, 4) is 11.3 Å². The first-order chi connectivity index (χ1) is 18.4. The number of fused-ring (bicyclic) bond motifs is 1. The number of aromatic carboxylic acids is 1. The Bertz CT molecular complexity index is 1500. The minimum absolute atomic E-state index is 0.0603. The van der Waals surface area contributed by atoms with Gasteiger partial charge in [-0.05, 0) is 62.6 Å². The van der Waals surface area contributed by atoms with Gasteiger partial charge in [-0.2, -0.15) is 0 Å². The molecular formula is C29H28Cl2N4O3. The van der Waals surface area contributed by atoms with Crippen molar-refractivity contribution in [3.63, 3.8) is 0 Å². The van der Waals surface area contributed by atoms with E-state index in [0.29, 0.717) is 27.5 Å². The number of anilines is 1. The van der Waals surface area contributed by atoms with Crippen LogP contribution in [-0.4, -0.2) is 58.3 Å². The summed E-state index contributed by atoms with van der Waals surface area (Å²) in [6.07, 6.45) is 3.09. The van der Waals surface area contributed by atoms with Gasteiger partial charge >= 0.3 is 5.97 Å². The van der Waals surface area contributed by atoms with Crippen molar-refractivity contribution >= 4 is 45.8 Å². The maximum Gasteiger partial charge on any atom is 0.354 e. The van der Waals surface area contributed by atoms with Crippen molar-refractivity contribution in [1.82, 2.24) is 15.0 Å². The maximum absolute atomic E-state index is 11.2. The van der Waals surface area contributed by atoms with Crippen LogP contribution in [0.5, 0.6) is 0 Å². The van der Waals surface area contributed by atoms with E-state index in [-0.39, 0.29) is 5.69 Å². The average molecular weight is 551 g/mol. The van der Waals surface area contributed by atoms with E-state index in [1.807, 2.05) is 36.4 Å². The molecule has 7 nitrogen and oxygen atoms in total. The number of piperazine rings is 1. The van der Waals surface area contributed by atoms with Crippen LogP contribution in [0.3, 0.4) is 0 Å². The molecule has 4 aromatic rings. The quantitative estimate of drug-likeness (QED) is 0.280. The highest BCUT2D eigenvalue weighted by atomic mass is 35.5. The van der Waals surface area contributed by atoms with Crippen LogP contribution in [0.1, 0.15) is 47.5 Å². The SMILES string of the molecule is CC1CN(c2ccc3nc(C(=O)O)ccc3c2)CCN1CCc1c(-c2c(Cl)cccc2Cl)noc1C1CC1. The monoisotopic (exact) mass is 550 g/mol. The number of nitrogens with zero attached hydrogens (tertiary/aromatic N) is 4. The lowest BCUT2D eigenvalue weighted by Crippen LogP contribution is -2.52. The summed E-state index contributed by atoms with van der Waals surface area (Å²) in [5, 5.41) is 15.8. The number of hydrogen-bond acceptors (Lipinski definition) is 6. The Morgan fingerprint density at radius 1 is 1.11 bits per heavy atom. The number of rotatable bonds is 7. The number of pyridine rings is 1. The van der Waals surface area contributed by atoms with E-state index in [1.54, 1.807) is 6.07 Å². The molecule has 38 heavy (non-hydrogen) atoms. The number of carboxylic acids is 1. The molecule has 1 aliphatic heterocycles. The van der Waals surface area contributed by atoms with Crippen molar-refractivity contribution in [2.45, 2.75) is 38.1 Å². The standard InChI is InChI=1S/C29H28Cl2N4O3/c1-17-16-35(20-8-10-24-19(15-20)7-9-25(32-24)29(36)37)14-13-34(17)12-11-21-27(33-38-28(21)18-5-6-18)26-22(30)3-2-4-23(26)31/h2-4,7-10,15,17-18H,5-6,11-14,16H2,1H3,(H,36,37). The van der Waals surface area contributed by atoms with Gasteiger partial charge in [0.1, 0.15) is 17.1 Å². The molecule has 1 unspecified atom stereocenters. The zero-order valence-corrected chi connectivity index (χ0v) is 22.5. The Kier molecular flexibility index (Phi) is 6.76. The molecule has 1 aliphatic carbocycles. The lowest BCUT2D eigenvalue weighted by atomic mass is 10.0. The second-order valence-electron chi connectivity index (χ2n) is 10.2. The molecule has 0 radical (unpaired) electrons. The van der Waals surface area contributed by atoms with Gasteiger partial charge in [-0.1, -0.05) is 40.5 Å². The lowest BCUT2D eigenvalue weighted by Gasteiger charge is -2.41. The molecule has 2 fully saturated rings. The van der Waals surface area contributed by atoms with E-state index < -0.39 is 5.97 Å². The maximum atomic E-state index is 11.2. The van der Waals surface area contributed by atoms with E-state index in [4.69, 9.17) is 27.7 Å². The summed E-state index contributed by atoms with van der Waals surface area (Å²) in [6, 6.07) is 15.3. The fraction of sp³-hybridized carbons (Fsp3) is 0.345. The Hall–Kier alpha value is -3.13. The Labute approximate surface area is 230 Å². The average Bonchev–Trinajstić information content (AvgIpc) is 3.67. The highest BCUT2D eigenvalue weighted by Gasteiger charge is 2.34. The highest BCUT2D eigenvalue weighted by Crippen LogP contribution is 2.46. The van der Waals surface area contributed by atoms with E-state index in [0.717, 1.165) is 79.1 Å². The van der Waals surface area contributed by atoms with E-state index in [9.17, 15) is 9.90 Å². The Balaban J connectivity index is 1.17. The molecule has 9 heteroatoms. The Morgan fingerprint density at radius 3 is 2.61 bits per heavy atom. The van der Waals surface area contributed by atoms with Crippen molar-refractivity contribution in [3.05, 3.63) is 75.6 Å². The van der Waals surface area contributed by atoms with Crippen LogP contribution in [0.25, 0.3) is 22.2 Å². The summed E-state index contributed by atoms with van der Waals surface area (Å²) in [5.41, 5.74) is 4.52. The van der Waals surface area contributed by atoms with Gasteiger partial charge in [0.15, 0.2) is 0 Å². The fourth-order valence-corrected chi connectivity index (χ4v) is 5.97. The predicted molar refractivity (Wildman–Crippen MR) is 150 cm³/mol. The first kappa shape index (κ1) is 25.2. The molecule has 0 spiro atoms. The molecular weight excluding hydrogens is 523 g/mol. The zero-order chi connectivity index (χ0) is 26.4. The molecule has 1 saturated carbocycles. The van der Waals surface area contributed by atoms with E-state index in [2.05, 4.69) is 32.9 Å². The molecule has 2 aromatic carbocycles. The summed E-state index contributed by atoms with van der Waals surface area (Å²) < 4.78 is 5.85. The molecule has 196 valence electrons. The largest absolute Gasteiger partial charge is 0.477 e. The van der Waals surface area contributed by atoms with Gasteiger partial charge in [0.25, 0.3) is 0 Å².